The van der Waals surface area contributed by atoms with Crippen molar-refractivity contribution in [3.05, 3.63) is 38.8 Å². The van der Waals surface area contributed by atoms with Gasteiger partial charge in [-0.2, -0.15) is 5.10 Å². The maximum atomic E-state index is 4.87. The SMILES string of the molecule is CCNC(=NCC(c1cnn(C)c1)N(C)C)N(C)Cc1ccc(Br)s1. The van der Waals surface area contributed by atoms with Crippen molar-refractivity contribution in [3.8, 4) is 0 Å². The van der Waals surface area contributed by atoms with Gasteiger partial charge < -0.3 is 15.1 Å². The van der Waals surface area contributed by atoms with E-state index in [1.54, 1.807) is 11.3 Å². The Hall–Kier alpha value is -1.38. The van der Waals surface area contributed by atoms with Crippen molar-refractivity contribution in [3.63, 3.8) is 0 Å². The van der Waals surface area contributed by atoms with Crippen LogP contribution in [-0.2, 0) is 13.6 Å². The maximum Gasteiger partial charge on any atom is 0.194 e. The standard InChI is InChI=1S/C17H27BrN6S/c1-6-19-17(23(4)12-14-7-8-16(18)25-14)20-10-15(22(2)3)13-9-21-24(5)11-13/h7-9,11,15H,6,10,12H2,1-5H3,(H,19,20). The van der Waals surface area contributed by atoms with Crippen LogP contribution < -0.4 is 5.32 Å². The first-order valence-corrected chi connectivity index (χ1v) is 9.90. The number of halogens is 1. The van der Waals surface area contributed by atoms with Crippen molar-refractivity contribution in [2.45, 2.75) is 19.5 Å². The van der Waals surface area contributed by atoms with Gasteiger partial charge in [-0.1, -0.05) is 0 Å². The Morgan fingerprint density at radius 1 is 1.40 bits per heavy atom. The second kappa shape index (κ2) is 9.35. The van der Waals surface area contributed by atoms with Gasteiger partial charge in [-0.05, 0) is 49.1 Å². The second-order valence-electron chi connectivity index (χ2n) is 6.18. The molecule has 0 fully saturated rings. The average Bonchev–Trinajstić information content (AvgIpc) is 3.14. The lowest BCUT2D eigenvalue weighted by Crippen LogP contribution is -2.39. The highest BCUT2D eigenvalue weighted by Gasteiger charge is 2.16. The molecule has 0 aliphatic carbocycles. The lowest BCUT2D eigenvalue weighted by Gasteiger charge is -2.25. The number of likely N-dealkylation sites (N-methyl/N-ethyl adjacent to an activating group) is 1. The lowest BCUT2D eigenvalue weighted by atomic mass is 10.1. The zero-order valence-electron chi connectivity index (χ0n) is 15.5. The molecule has 0 aliphatic rings. The summed E-state index contributed by atoms with van der Waals surface area (Å²) in [6, 6.07) is 4.43. The van der Waals surface area contributed by atoms with E-state index in [1.807, 2.05) is 17.9 Å². The van der Waals surface area contributed by atoms with E-state index in [9.17, 15) is 0 Å². The third kappa shape index (κ3) is 5.83. The fraction of sp³-hybridized carbons (Fsp3) is 0.529. The Balaban J connectivity index is 2.10. The maximum absolute atomic E-state index is 4.87. The second-order valence-corrected chi connectivity index (χ2v) is 8.73. The number of nitrogens with one attached hydrogen (secondary N) is 1. The highest BCUT2D eigenvalue weighted by Crippen LogP contribution is 2.23. The minimum atomic E-state index is 0.201. The van der Waals surface area contributed by atoms with Crippen molar-refractivity contribution in [1.29, 1.82) is 0 Å². The number of rotatable bonds is 7. The average molecular weight is 427 g/mol. The van der Waals surface area contributed by atoms with Crippen molar-refractivity contribution < 1.29 is 0 Å². The summed E-state index contributed by atoms with van der Waals surface area (Å²) >= 11 is 5.28. The monoisotopic (exact) mass is 426 g/mol. The molecule has 1 unspecified atom stereocenters. The quantitative estimate of drug-likeness (QED) is 0.545. The first-order chi connectivity index (χ1) is 11.9. The summed E-state index contributed by atoms with van der Waals surface area (Å²) in [5.41, 5.74) is 1.18. The Bertz CT molecular complexity index is 693. The molecule has 0 aromatic carbocycles. The number of aromatic nitrogens is 2. The first-order valence-electron chi connectivity index (χ1n) is 8.29. The van der Waals surface area contributed by atoms with Crippen LogP contribution in [0.5, 0.6) is 0 Å². The van der Waals surface area contributed by atoms with Crippen molar-refractivity contribution in [2.24, 2.45) is 12.0 Å². The molecule has 0 saturated carbocycles. The van der Waals surface area contributed by atoms with E-state index in [0.29, 0.717) is 6.54 Å². The van der Waals surface area contributed by atoms with E-state index in [0.717, 1.165) is 22.8 Å². The highest BCUT2D eigenvalue weighted by atomic mass is 79.9. The van der Waals surface area contributed by atoms with Crippen LogP contribution in [0.2, 0.25) is 0 Å². The summed E-state index contributed by atoms with van der Waals surface area (Å²) in [6.45, 7) is 4.45. The molecule has 138 valence electrons. The Morgan fingerprint density at radius 3 is 2.68 bits per heavy atom. The first kappa shape index (κ1) is 19.9. The fourth-order valence-electron chi connectivity index (χ4n) is 2.57. The number of hydrogen-bond donors (Lipinski definition) is 1. The van der Waals surface area contributed by atoms with Crippen LogP contribution in [0.4, 0.5) is 0 Å². The molecule has 0 amide bonds. The summed E-state index contributed by atoms with van der Waals surface area (Å²) in [5.74, 6) is 0.919. The van der Waals surface area contributed by atoms with E-state index >= 15 is 0 Å². The van der Waals surface area contributed by atoms with Crippen LogP contribution in [0.1, 0.15) is 23.4 Å². The highest BCUT2D eigenvalue weighted by molar-refractivity contribution is 9.11. The number of guanidine groups is 1. The van der Waals surface area contributed by atoms with Crippen molar-refractivity contribution in [1.82, 2.24) is 24.9 Å². The largest absolute Gasteiger partial charge is 0.357 e. The van der Waals surface area contributed by atoms with Gasteiger partial charge in [0.1, 0.15) is 0 Å². The summed E-state index contributed by atoms with van der Waals surface area (Å²) in [4.78, 5) is 10.5. The predicted molar refractivity (Wildman–Crippen MR) is 109 cm³/mol. The van der Waals surface area contributed by atoms with Gasteiger partial charge in [-0.15, -0.1) is 11.3 Å². The van der Waals surface area contributed by atoms with E-state index in [-0.39, 0.29) is 6.04 Å². The normalized spacial score (nSPS) is 13.3. The number of nitrogens with zero attached hydrogens (tertiary/aromatic N) is 5. The molecule has 0 spiro atoms. The number of aliphatic imine (C=N–C) groups is 1. The molecule has 0 radical (unpaired) electrons. The van der Waals surface area contributed by atoms with Gasteiger partial charge in [-0.3, -0.25) is 9.67 Å². The van der Waals surface area contributed by atoms with Crippen molar-refractivity contribution >= 4 is 33.2 Å². The topological polar surface area (TPSA) is 48.7 Å². The van der Waals surface area contributed by atoms with Crippen LogP contribution in [0.3, 0.4) is 0 Å². The molecule has 0 bridgehead atoms. The molecule has 2 rings (SSSR count). The van der Waals surface area contributed by atoms with Gasteiger partial charge in [0.05, 0.1) is 29.1 Å². The van der Waals surface area contributed by atoms with Gasteiger partial charge in [0.2, 0.25) is 0 Å². The van der Waals surface area contributed by atoms with Crippen molar-refractivity contribution in [2.75, 3.05) is 34.2 Å². The molecule has 2 aromatic rings. The Kier molecular flexibility index (Phi) is 7.46. The van der Waals surface area contributed by atoms with Gasteiger partial charge in [0.25, 0.3) is 0 Å². The fourth-order valence-corrected chi connectivity index (χ4v) is 4.10. The van der Waals surface area contributed by atoms with Gasteiger partial charge in [0.15, 0.2) is 5.96 Å². The Labute approximate surface area is 162 Å². The van der Waals surface area contributed by atoms with Crippen LogP contribution in [0.15, 0.2) is 33.3 Å². The minimum absolute atomic E-state index is 0.201. The molecule has 2 heterocycles. The molecular weight excluding hydrogens is 400 g/mol. The third-order valence-electron chi connectivity index (χ3n) is 3.87. The summed E-state index contributed by atoms with van der Waals surface area (Å²) in [5, 5.41) is 7.68. The summed E-state index contributed by atoms with van der Waals surface area (Å²) in [6.07, 6.45) is 3.97. The molecule has 0 saturated heterocycles. The van der Waals surface area contributed by atoms with Crippen LogP contribution in [-0.4, -0.2) is 59.8 Å². The smallest absolute Gasteiger partial charge is 0.194 e. The van der Waals surface area contributed by atoms with Gasteiger partial charge >= 0.3 is 0 Å². The summed E-state index contributed by atoms with van der Waals surface area (Å²) in [7, 11) is 8.17. The molecule has 1 atom stereocenters. The van der Waals surface area contributed by atoms with E-state index in [4.69, 9.17) is 4.99 Å². The summed E-state index contributed by atoms with van der Waals surface area (Å²) < 4.78 is 2.99. The number of hydrogen-bond acceptors (Lipinski definition) is 4. The zero-order chi connectivity index (χ0) is 18.4. The molecule has 2 aromatic heterocycles. The number of thiophene rings is 1. The van der Waals surface area contributed by atoms with E-state index in [2.05, 4.69) is 82.5 Å². The molecule has 8 heteroatoms. The molecule has 0 aliphatic heterocycles. The van der Waals surface area contributed by atoms with E-state index < -0.39 is 0 Å². The Morgan fingerprint density at radius 2 is 2.16 bits per heavy atom. The number of aryl methyl sites for hydroxylation is 1. The minimum Gasteiger partial charge on any atom is -0.357 e. The van der Waals surface area contributed by atoms with Crippen LogP contribution in [0, 0.1) is 0 Å². The molecular formula is C17H27BrN6S. The zero-order valence-corrected chi connectivity index (χ0v) is 17.9. The molecule has 25 heavy (non-hydrogen) atoms. The van der Waals surface area contributed by atoms with Gasteiger partial charge in [0, 0.05) is 37.3 Å². The van der Waals surface area contributed by atoms with E-state index in [1.165, 1.54) is 10.4 Å². The van der Waals surface area contributed by atoms with Crippen LogP contribution in [0.25, 0.3) is 0 Å². The third-order valence-corrected chi connectivity index (χ3v) is 5.47. The lowest BCUT2D eigenvalue weighted by molar-refractivity contribution is 0.305. The molecule has 1 N–H and O–H groups in total. The van der Waals surface area contributed by atoms with Crippen LogP contribution >= 0.6 is 27.3 Å². The van der Waals surface area contributed by atoms with Gasteiger partial charge in [-0.25, -0.2) is 0 Å². The molecule has 6 nitrogen and oxygen atoms in total. The predicted octanol–water partition coefficient (Wildman–Crippen LogP) is 2.94.